The molecule has 0 aromatic heterocycles. The number of amides is 1. The maximum absolute atomic E-state index is 12.9. The molecule has 2 aliphatic rings. The van der Waals surface area contributed by atoms with Gasteiger partial charge in [-0.15, -0.1) is 0 Å². The highest BCUT2D eigenvalue weighted by atomic mass is 16.5. The van der Waals surface area contributed by atoms with E-state index in [9.17, 15) is 14.7 Å². The molecule has 0 bridgehead atoms. The van der Waals surface area contributed by atoms with E-state index in [0.717, 1.165) is 16.8 Å². The predicted octanol–water partition coefficient (Wildman–Crippen LogP) is 3.03. The summed E-state index contributed by atoms with van der Waals surface area (Å²) in [6.07, 6.45) is 0.187. The van der Waals surface area contributed by atoms with Gasteiger partial charge in [-0.2, -0.15) is 0 Å². The lowest BCUT2D eigenvalue weighted by Gasteiger charge is -2.32. The zero-order chi connectivity index (χ0) is 17.6. The number of cyclic esters (lactones) is 1. The number of esters is 1. The zero-order valence-corrected chi connectivity index (χ0v) is 13.7. The summed E-state index contributed by atoms with van der Waals surface area (Å²) in [6.45, 7) is 2.08. The first-order chi connectivity index (χ1) is 12.0. The van der Waals surface area contributed by atoms with E-state index in [1.165, 1.54) is 0 Å². The lowest BCUT2D eigenvalue weighted by molar-refractivity contribution is -0.136. The number of carbonyl (C=O) groups excluding carboxylic acids is 2. The van der Waals surface area contributed by atoms with E-state index in [1.807, 2.05) is 31.2 Å². The molecule has 0 saturated heterocycles. The Labute approximate surface area is 145 Å². The van der Waals surface area contributed by atoms with Crippen molar-refractivity contribution in [1.82, 2.24) is 0 Å². The third kappa shape index (κ3) is 2.58. The number of nitrogens with zero attached hydrogens (tertiary/aromatic N) is 1. The molecule has 0 radical (unpaired) electrons. The van der Waals surface area contributed by atoms with Crippen LogP contribution in [0, 0.1) is 6.92 Å². The van der Waals surface area contributed by atoms with Crippen molar-refractivity contribution in [3.05, 3.63) is 70.9 Å². The van der Waals surface area contributed by atoms with Crippen LogP contribution in [0.4, 0.5) is 5.69 Å². The van der Waals surface area contributed by atoms with Crippen LogP contribution in [-0.4, -0.2) is 23.6 Å². The summed E-state index contributed by atoms with van der Waals surface area (Å²) >= 11 is 0. The van der Waals surface area contributed by atoms with Gasteiger partial charge in [-0.3, -0.25) is 9.69 Å². The van der Waals surface area contributed by atoms with Crippen LogP contribution < -0.4 is 4.90 Å². The van der Waals surface area contributed by atoms with Crippen molar-refractivity contribution in [3.8, 4) is 5.75 Å². The van der Waals surface area contributed by atoms with Gasteiger partial charge >= 0.3 is 5.97 Å². The lowest BCUT2D eigenvalue weighted by Crippen LogP contribution is -2.37. The molecular weight excluding hydrogens is 318 g/mol. The molecule has 5 nitrogen and oxygen atoms in total. The Morgan fingerprint density at radius 3 is 2.40 bits per heavy atom. The highest BCUT2D eigenvalue weighted by Gasteiger charge is 2.42. The van der Waals surface area contributed by atoms with E-state index in [2.05, 4.69) is 0 Å². The molecule has 1 unspecified atom stereocenters. The van der Waals surface area contributed by atoms with Crippen LogP contribution in [0.5, 0.6) is 5.75 Å². The Morgan fingerprint density at radius 1 is 1.04 bits per heavy atom. The van der Waals surface area contributed by atoms with Crippen molar-refractivity contribution < 1.29 is 19.4 Å². The molecule has 2 aromatic carbocycles. The number of rotatable bonds is 2. The minimum Gasteiger partial charge on any atom is -0.508 e. The molecule has 126 valence electrons. The van der Waals surface area contributed by atoms with Crippen LogP contribution >= 0.6 is 0 Å². The quantitative estimate of drug-likeness (QED) is 0.857. The van der Waals surface area contributed by atoms with Gasteiger partial charge in [0.1, 0.15) is 12.4 Å². The molecule has 5 heteroatoms. The second kappa shape index (κ2) is 5.77. The number of hydrogen-bond donors (Lipinski definition) is 1. The fourth-order valence-corrected chi connectivity index (χ4v) is 3.44. The Hall–Kier alpha value is -3.08. The zero-order valence-electron chi connectivity index (χ0n) is 13.7. The summed E-state index contributed by atoms with van der Waals surface area (Å²) in [7, 11) is 0. The number of ether oxygens (including phenoxy) is 1. The minimum atomic E-state index is -0.377. The number of aromatic hydroxyl groups is 1. The van der Waals surface area contributed by atoms with Gasteiger partial charge in [-0.25, -0.2) is 4.79 Å². The molecule has 0 fully saturated rings. The number of aryl methyl sites for hydroxylation is 1. The average molecular weight is 335 g/mol. The van der Waals surface area contributed by atoms with Crippen molar-refractivity contribution in [2.75, 3.05) is 11.5 Å². The lowest BCUT2D eigenvalue weighted by atomic mass is 9.84. The maximum atomic E-state index is 12.9. The predicted molar refractivity (Wildman–Crippen MR) is 92.1 cm³/mol. The van der Waals surface area contributed by atoms with E-state index in [-0.39, 0.29) is 36.6 Å². The molecule has 2 aromatic rings. The van der Waals surface area contributed by atoms with Gasteiger partial charge in [-0.1, -0.05) is 29.8 Å². The Morgan fingerprint density at radius 2 is 1.72 bits per heavy atom. The summed E-state index contributed by atoms with van der Waals surface area (Å²) in [5.41, 5.74) is 3.81. The third-order valence-corrected chi connectivity index (χ3v) is 4.70. The van der Waals surface area contributed by atoms with Crippen molar-refractivity contribution in [2.45, 2.75) is 19.3 Å². The standard InChI is InChI=1S/C20H17NO4/c1-12-2-6-14(7-3-12)21-17-11-25-20(24)19(17)16(10-18(21)23)13-4-8-15(22)9-5-13/h2-9,16,22H,10-11H2,1H3. The molecule has 0 saturated carbocycles. The fourth-order valence-electron chi connectivity index (χ4n) is 3.44. The number of anilines is 1. The van der Waals surface area contributed by atoms with Crippen LogP contribution in [0.3, 0.4) is 0 Å². The average Bonchev–Trinajstić information content (AvgIpc) is 2.98. The van der Waals surface area contributed by atoms with E-state index in [0.29, 0.717) is 11.3 Å². The SMILES string of the molecule is Cc1ccc(N2C(=O)CC(c3ccc(O)cc3)C3=C2COC3=O)cc1. The van der Waals surface area contributed by atoms with E-state index in [1.54, 1.807) is 29.2 Å². The smallest absolute Gasteiger partial charge is 0.336 e. The summed E-state index contributed by atoms with van der Waals surface area (Å²) in [5, 5.41) is 9.48. The van der Waals surface area contributed by atoms with Gasteiger partial charge in [0.05, 0.1) is 11.3 Å². The number of phenolic OH excluding ortho intramolecular Hbond substituents is 1. The second-order valence-corrected chi connectivity index (χ2v) is 6.35. The molecule has 2 aliphatic heterocycles. The Bertz CT molecular complexity index is 881. The van der Waals surface area contributed by atoms with Crippen LogP contribution in [0.25, 0.3) is 0 Å². The van der Waals surface area contributed by atoms with Gasteiger partial charge in [0.2, 0.25) is 5.91 Å². The summed E-state index contributed by atoms with van der Waals surface area (Å²) < 4.78 is 5.24. The topological polar surface area (TPSA) is 66.8 Å². The molecule has 1 atom stereocenters. The molecule has 4 rings (SSSR count). The molecule has 0 spiro atoms. The first kappa shape index (κ1) is 15.4. The molecule has 1 amide bonds. The normalized spacial score (nSPS) is 19.9. The number of phenols is 1. The molecule has 1 N–H and O–H groups in total. The van der Waals surface area contributed by atoms with Crippen molar-refractivity contribution in [1.29, 1.82) is 0 Å². The van der Waals surface area contributed by atoms with Crippen LogP contribution in [0.15, 0.2) is 59.8 Å². The van der Waals surface area contributed by atoms with Crippen LogP contribution in [0.1, 0.15) is 23.5 Å². The highest BCUT2D eigenvalue weighted by molar-refractivity contribution is 6.06. The van der Waals surface area contributed by atoms with Crippen molar-refractivity contribution >= 4 is 17.6 Å². The first-order valence-corrected chi connectivity index (χ1v) is 8.13. The van der Waals surface area contributed by atoms with Gasteiger partial charge < -0.3 is 9.84 Å². The maximum Gasteiger partial charge on any atom is 0.336 e. The first-order valence-electron chi connectivity index (χ1n) is 8.13. The monoisotopic (exact) mass is 335 g/mol. The van der Waals surface area contributed by atoms with Gasteiger partial charge in [0.15, 0.2) is 0 Å². The number of benzene rings is 2. The summed E-state index contributed by atoms with van der Waals surface area (Å²) in [6, 6.07) is 14.2. The van der Waals surface area contributed by atoms with E-state index >= 15 is 0 Å². The second-order valence-electron chi connectivity index (χ2n) is 6.35. The van der Waals surface area contributed by atoms with E-state index in [4.69, 9.17) is 4.74 Å². The van der Waals surface area contributed by atoms with Gasteiger partial charge in [0, 0.05) is 18.0 Å². The Kier molecular flexibility index (Phi) is 3.57. The summed E-state index contributed by atoms with van der Waals surface area (Å²) in [5.74, 6) is -0.646. The fraction of sp³-hybridized carbons (Fsp3) is 0.200. The van der Waals surface area contributed by atoms with Crippen molar-refractivity contribution in [2.24, 2.45) is 0 Å². The van der Waals surface area contributed by atoms with Crippen LogP contribution in [0.2, 0.25) is 0 Å². The number of hydrogen-bond acceptors (Lipinski definition) is 4. The van der Waals surface area contributed by atoms with E-state index < -0.39 is 0 Å². The van der Waals surface area contributed by atoms with Crippen molar-refractivity contribution in [3.63, 3.8) is 0 Å². The van der Waals surface area contributed by atoms with Crippen LogP contribution in [-0.2, 0) is 14.3 Å². The van der Waals surface area contributed by atoms with Gasteiger partial charge in [0.25, 0.3) is 0 Å². The molecule has 2 heterocycles. The summed E-state index contributed by atoms with van der Waals surface area (Å²) in [4.78, 5) is 26.8. The highest BCUT2D eigenvalue weighted by Crippen LogP contribution is 2.42. The third-order valence-electron chi connectivity index (χ3n) is 4.70. The minimum absolute atomic E-state index is 0.0704. The van der Waals surface area contributed by atoms with Gasteiger partial charge in [-0.05, 0) is 36.8 Å². The molecule has 25 heavy (non-hydrogen) atoms. The number of carbonyl (C=O) groups is 2. The Balaban J connectivity index is 1.81. The molecule has 0 aliphatic carbocycles. The largest absolute Gasteiger partial charge is 0.508 e. The molecular formula is C20H17NO4.